The van der Waals surface area contributed by atoms with Crippen LogP contribution in [-0.2, 0) is 6.42 Å². The molecule has 0 bridgehead atoms. The number of nitrogens with one attached hydrogen (secondary N) is 4. The van der Waals surface area contributed by atoms with Crippen LogP contribution in [-0.4, -0.2) is 43.2 Å². The Kier molecular flexibility index (Phi) is 8.71. The topological polar surface area (TPSA) is 64.2 Å². The van der Waals surface area contributed by atoms with Crippen molar-refractivity contribution < 1.29 is 0 Å². The maximum absolute atomic E-state index is 4.28. The molecule has 4 N–H and O–H groups in total. The van der Waals surface area contributed by atoms with Crippen molar-refractivity contribution in [1.29, 1.82) is 0 Å². The molecule has 0 aliphatic heterocycles. The summed E-state index contributed by atoms with van der Waals surface area (Å²) in [4.78, 5) is 7.63. The molecular formula is C19H32IN5. The highest BCUT2D eigenvalue weighted by Gasteiger charge is 2.08. The Morgan fingerprint density at radius 3 is 2.52 bits per heavy atom. The molecule has 6 heteroatoms. The second kappa shape index (κ2) is 10.0. The molecule has 0 aliphatic rings. The first kappa shape index (κ1) is 21.8. The second-order valence-electron chi connectivity index (χ2n) is 7.16. The SMILES string of the molecule is CN=C(NCCNC(C)(C)C)NCCc1c[nH]c2cccc(C)c12.I. The first-order valence-electron chi connectivity index (χ1n) is 8.66. The number of guanidine groups is 1. The standard InChI is InChI=1S/C19H31N5.HI/c1-14-7-6-8-16-17(14)15(13-23-16)9-10-21-18(20-5)22-11-12-24-19(2,3)4;/h6-8,13,23-24H,9-12H2,1-5H3,(H2,20,21,22);1H. The predicted molar refractivity (Wildman–Crippen MR) is 119 cm³/mol. The van der Waals surface area contributed by atoms with Crippen molar-refractivity contribution in [3.63, 3.8) is 0 Å². The number of H-pyrrole nitrogens is 1. The fourth-order valence-corrected chi connectivity index (χ4v) is 2.80. The van der Waals surface area contributed by atoms with Crippen molar-refractivity contribution in [1.82, 2.24) is 20.9 Å². The highest BCUT2D eigenvalue weighted by molar-refractivity contribution is 14.0. The van der Waals surface area contributed by atoms with Crippen molar-refractivity contribution in [2.24, 2.45) is 4.99 Å². The zero-order valence-electron chi connectivity index (χ0n) is 16.0. The van der Waals surface area contributed by atoms with Crippen LogP contribution in [0.4, 0.5) is 0 Å². The van der Waals surface area contributed by atoms with Gasteiger partial charge >= 0.3 is 0 Å². The van der Waals surface area contributed by atoms with Crippen molar-refractivity contribution in [2.45, 2.75) is 39.7 Å². The third kappa shape index (κ3) is 6.86. The van der Waals surface area contributed by atoms with E-state index in [1.54, 1.807) is 0 Å². The van der Waals surface area contributed by atoms with E-state index in [0.717, 1.165) is 32.0 Å². The maximum Gasteiger partial charge on any atom is 0.191 e. The van der Waals surface area contributed by atoms with Gasteiger partial charge in [-0.05, 0) is 51.3 Å². The maximum atomic E-state index is 4.28. The van der Waals surface area contributed by atoms with Gasteiger partial charge in [-0.15, -0.1) is 24.0 Å². The van der Waals surface area contributed by atoms with Crippen LogP contribution in [0.3, 0.4) is 0 Å². The average Bonchev–Trinajstić information content (AvgIpc) is 2.93. The third-order valence-corrected chi connectivity index (χ3v) is 3.98. The molecule has 140 valence electrons. The number of halogens is 1. The van der Waals surface area contributed by atoms with E-state index in [4.69, 9.17) is 0 Å². The van der Waals surface area contributed by atoms with Gasteiger partial charge in [0, 0.05) is 49.3 Å². The highest BCUT2D eigenvalue weighted by atomic mass is 127. The molecule has 0 amide bonds. The van der Waals surface area contributed by atoms with E-state index in [2.05, 4.69) is 78.0 Å². The first-order valence-corrected chi connectivity index (χ1v) is 8.66. The lowest BCUT2D eigenvalue weighted by molar-refractivity contribution is 0.428. The van der Waals surface area contributed by atoms with Crippen LogP contribution in [0.25, 0.3) is 10.9 Å². The van der Waals surface area contributed by atoms with Gasteiger partial charge in [0.1, 0.15) is 0 Å². The largest absolute Gasteiger partial charge is 0.361 e. The normalized spacial score (nSPS) is 12.1. The van der Waals surface area contributed by atoms with Gasteiger partial charge in [-0.1, -0.05) is 12.1 Å². The van der Waals surface area contributed by atoms with Gasteiger partial charge in [0.25, 0.3) is 0 Å². The van der Waals surface area contributed by atoms with Crippen molar-refractivity contribution in [3.8, 4) is 0 Å². The number of nitrogens with zero attached hydrogens (tertiary/aromatic N) is 1. The summed E-state index contributed by atoms with van der Waals surface area (Å²) < 4.78 is 0. The minimum absolute atomic E-state index is 0. The minimum Gasteiger partial charge on any atom is -0.361 e. The van der Waals surface area contributed by atoms with Crippen molar-refractivity contribution >= 4 is 40.8 Å². The van der Waals surface area contributed by atoms with Gasteiger partial charge in [-0.2, -0.15) is 0 Å². The molecule has 0 saturated heterocycles. The zero-order valence-corrected chi connectivity index (χ0v) is 18.3. The Hall–Kier alpha value is -1.28. The Labute approximate surface area is 168 Å². The number of hydrogen-bond acceptors (Lipinski definition) is 2. The van der Waals surface area contributed by atoms with E-state index >= 15 is 0 Å². The lowest BCUT2D eigenvalue weighted by Crippen LogP contribution is -2.44. The zero-order chi connectivity index (χ0) is 17.6. The molecule has 1 heterocycles. The number of benzene rings is 1. The van der Waals surface area contributed by atoms with Gasteiger partial charge in [-0.3, -0.25) is 4.99 Å². The van der Waals surface area contributed by atoms with E-state index < -0.39 is 0 Å². The van der Waals surface area contributed by atoms with Crippen LogP contribution < -0.4 is 16.0 Å². The summed E-state index contributed by atoms with van der Waals surface area (Å²) in [5.74, 6) is 0.849. The average molecular weight is 457 g/mol. The molecule has 0 unspecified atom stereocenters. The summed E-state index contributed by atoms with van der Waals surface area (Å²) >= 11 is 0. The van der Waals surface area contributed by atoms with Crippen LogP contribution in [0.1, 0.15) is 31.9 Å². The molecule has 0 aliphatic carbocycles. The molecule has 2 aromatic rings. The molecule has 0 fully saturated rings. The summed E-state index contributed by atoms with van der Waals surface area (Å²) in [5, 5.41) is 11.5. The first-order chi connectivity index (χ1) is 11.4. The summed E-state index contributed by atoms with van der Waals surface area (Å²) in [5.41, 5.74) is 4.02. The lowest BCUT2D eigenvalue weighted by Gasteiger charge is -2.21. The molecule has 2 rings (SSSR count). The van der Waals surface area contributed by atoms with E-state index in [0.29, 0.717) is 0 Å². The van der Waals surface area contributed by atoms with Gasteiger partial charge in [0.05, 0.1) is 0 Å². The fourth-order valence-electron chi connectivity index (χ4n) is 2.80. The minimum atomic E-state index is 0. The number of hydrogen-bond donors (Lipinski definition) is 4. The predicted octanol–water partition coefficient (Wildman–Crippen LogP) is 3.19. The van der Waals surface area contributed by atoms with Gasteiger partial charge in [0.2, 0.25) is 0 Å². The number of rotatable bonds is 6. The van der Waals surface area contributed by atoms with E-state index in [1.165, 1.54) is 22.0 Å². The molecule has 25 heavy (non-hydrogen) atoms. The summed E-state index contributed by atoms with van der Waals surface area (Å²) in [7, 11) is 1.81. The van der Waals surface area contributed by atoms with Gasteiger partial charge in [-0.25, -0.2) is 0 Å². The highest BCUT2D eigenvalue weighted by Crippen LogP contribution is 2.22. The monoisotopic (exact) mass is 457 g/mol. The Balaban J connectivity index is 0.00000312. The van der Waals surface area contributed by atoms with E-state index in [1.807, 2.05) is 7.05 Å². The number of aromatic amines is 1. The van der Waals surface area contributed by atoms with Crippen molar-refractivity contribution in [2.75, 3.05) is 26.7 Å². The second-order valence-corrected chi connectivity index (χ2v) is 7.16. The Bertz CT molecular complexity index is 685. The van der Waals surface area contributed by atoms with Crippen LogP contribution in [0, 0.1) is 6.92 Å². The molecule has 0 spiro atoms. The lowest BCUT2D eigenvalue weighted by atomic mass is 10.1. The van der Waals surface area contributed by atoms with E-state index in [9.17, 15) is 0 Å². The number of aliphatic imine (C=N–C) groups is 1. The quantitative estimate of drug-likeness (QED) is 0.233. The Morgan fingerprint density at radius 2 is 1.84 bits per heavy atom. The van der Waals surface area contributed by atoms with Gasteiger partial charge in [0.15, 0.2) is 5.96 Å². The molecule has 0 saturated carbocycles. The molecule has 0 radical (unpaired) electrons. The van der Waals surface area contributed by atoms with Crippen LogP contribution >= 0.6 is 24.0 Å². The van der Waals surface area contributed by atoms with Crippen molar-refractivity contribution in [3.05, 3.63) is 35.5 Å². The van der Waals surface area contributed by atoms with Crippen LogP contribution in [0.15, 0.2) is 29.4 Å². The summed E-state index contributed by atoms with van der Waals surface area (Å²) in [6.07, 6.45) is 3.08. The fraction of sp³-hybridized carbons (Fsp3) is 0.526. The molecular weight excluding hydrogens is 425 g/mol. The Morgan fingerprint density at radius 1 is 1.12 bits per heavy atom. The van der Waals surface area contributed by atoms with Crippen LogP contribution in [0.2, 0.25) is 0 Å². The number of aryl methyl sites for hydroxylation is 1. The van der Waals surface area contributed by atoms with E-state index in [-0.39, 0.29) is 29.5 Å². The van der Waals surface area contributed by atoms with Crippen LogP contribution in [0.5, 0.6) is 0 Å². The number of fused-ring (bicyclic) bond motifs is 1. The molecule has 5 nitrogen and oxygen atoms in total. The summed E-state index contributed by atoms with van der Waals surface area (Å²) in [6.45, 7) is 11.3. The molecule has 1 aromatic carbocycles. The molecule has 0 atom stereocenters. The smallest absolute Gasteiger partial charge is 0.191 e. The van der Waals surface area contributed by atoms with Gasteiger partial charge < -0.3 is 20.9 Å². The number of aromatic nitrogens is 1. The summed E-state index contributed by atoms with van der Waals surface area (Å²) in [6, 6.07) is 6.38. The third-order valence-electron chi connectivity index (χ3n) is 3.98. The molecule has 1 aromatic heterocycles.